The van der Waals surface area contributed by atoms with E-state index >= 15 is 0 Å². The van der Waals surface area contributed by atoms with Gasteiger partial charge in [-0.05, 0) is 37.5 Å². The minimum Gasteiger partial charge on any atom is -0.335 e. The average molecular weight is 317 g/mol. The van der Waals surface area contributed by atoms with Gasteiger partial charge in [0, 0.05) is 10.5 Å². The van der Waals surface area contributed by atoms with Gasteiger partial charge in [0.2, 0.25) is 0 Å². The molecule has 18 heavy (non-hydrogen) atoms. The second-order valence-corrected chi connectivity index (χ2v) is 5.67. The molecule has 1 aromatic carbocycles. The van der Waals surface area contributed by atoms with Crippen molar-refractivity contribution in [3.05, 3.63) is 28.5 Å². The van der Waals surface area contributed by atoms with Crippen molar-refractivity contribution in [1.82, 2.24) is 5.32 Å². The number of carbonyl (C=O) groups excluding carboxylic acids is 1. The molecule has 5 heteroatoms. The van der Waals surface area contributed by atoms with Gasteiger partial charge < -0.3 is 10.6 Å². The highest BCUT2D eigenvalue weighted by Crippen LogP contribution is 2.19. The van der Waals surface area contributed by atoms with Crippen LogP contribution in [0.15, 0.2) is 22.7 Å². The van der Waals surface area contributed by atoms with Crippen molar-refractivity contribution in [2.75, 3.05) is 5.32 Å². The summed E-state index contributed by atoms with van der Waals surface area (Å²) in [6.07, 6.45) is 0.885. The number of halogens is 2. The Morgan fingerprint density at radius 3 is 2.61 bits per heavy atom. The molecule has 0 bridgehead atoms. The first kappa shape index (κ1) is 15.0. The van der Waals surface area contributed by atoms with E-state index in [2.05, 4.69) is 40.4 Å². The molecule has 0 saturated carbocycles. The number of hydrogen-bond acceptors (Lipinski definition) is 1. The van der Waals surface area contributed by atoms with Crippen LogP contribution in [0.4, 0.5) is 14.9 Å². The van der Waals surface area contributed by atoms with Crippen LogP contribution in [-0.2, 0) is 0 Å². The third-order valence-corrected chi connectivity index (χ3v) is 2.88. The van der Waals surface area contributed by atoms with E-state index in [1.807, 2.05) is 6.92 Å². The number of anilines is 1. The van der Waals surface area contributed by atoms with E-state index in [0.717, 1.165) is 6.42 Å². The summed E-state index contributed by atoms with van der Waals surface area (Å²) >= 11 is 3.16. The Morgan fingerprint density at radius 1 is 1.39 bits per heavy atom. The SMILES string of the molecule is CC(C)CC(C)NC(=O)Nc1ccc(Br)cc1F. The van der Waals surface area contributed by atoms with Gasteiger partial charge in [0.25, 0.3) is 0 Å². The van der Waals surface area contributed by atoms with Gasteiger partial charge in [-0.3, -0.25) is 0 Å². The van der Waals surface area contributed by atoms with Crippen LogP contribution in [-0.4, -0.2) is 12.1 Å². The average Bonchev–Trinajstić information content (AvgIpc) is 2.20. The van der Waals surface area contributed by atoms with Crippen LogP contribution in [0.1, 0.15) is 27.2 Å². The van der Waals surface area contributed by atoms with E-state index in [9.17, 15) is 9.18 Å². The number of hydrogen-bond donors (Lipinski definition) is 2. The van der Waals surface area contributed by atoms with E-state index in [1.165, 1.54) is 12.1 Å². The number of urea groups is 1. The van der Waals surface area contributed by atoms with Gasteiger partial charge in [-0.15, -0.1) is 0 Å². The van der Waals surface area contributed by atoms with E-state index in [4.69, 9.17) is 0 Å². The zero-order valence-electron chi connectivity index (χ0n) is 10.8. The lowest BCUT2D eigenvalue weighted by atomic mass is 10.1. The highest BCUT2D eigenvalue weighted by Gasteiger charge is 2.11. The molecule has 0 aliphatic heterocycles. The van der Waals surface area contributed by atoms with Gasteiger partial charge in [0.15, 0.2) is 0 Å². The number of rotatable bonds is 4. The van der Waals surface area contributed by atoms with Crippen LogP contribution in [0, 0.1) is 11.7 Å². The van der Waals surface area contributed by atoms with E-state index in [-0.39, 0.29) is 17.8 Å². The molecule has 1 aromatic rings. The molecule has 1 rings (SSSR count). The predicted octanol–water partition coefficient (Wildman–Crippen LogP) is 4.14. The van der Waals surface area contributed by atoms with Crippen molar-refractivity contribution < 1.29 is 9.18 Å². The van der Waals surface area contributed by atoms with Gasteiger partial charge in [0.05, 0.1) is 5.69 Å². The summed E-state index contributed by atoms with van der Waals surface area (Å²) in [5.41, 5.74) is 0.174. The Morgan fingerprint density at radius 2 is 2.06 bits per heavy atom. The van der Waals surface area contributed by atoms with Crippen LogP contribution in [0.5, 0.6) is 0 Å². The zero-order valence-corrected chi connectivity index (χ0v) is 12.3. The van der Waals surface area contributed by atoms with Crippen molar-refractivity contribution in [2.24, 2.45) is 5.92 Å². The van der Waals surface area contributed by atoms with E-state index < -0.39 is 5.82 Å². The van der Waals surface area contributed by atoms with Gasteiger partial charge in [-0.1, -0.05) is 29.8 Å². The first-order chi connectivity index (χ1) is 8.38. The first-order valence-corrected chi connectivity index (χ1v) is 6.70. The zero-order chi connectivity index (χ0) is 13.7. The summed E-state index contributed by atoms with van der Waals surface area (Å²) in [5, 5.41) is 5.27. The number of carbonyl (C=O) groups is 1. The van der Waals surface area contributed by atoms with Crippen LogP contribution in [0.2, 0.25) is 0 Å². The second kappa shape index (κ2) is 6.73. The summed E-state index contributed by atoms with van der Waals surface area (Å²) in [5.74, 6) is 0.0424. The monoisotopic (exact) mass is 316 g/mol. The van der Waals surface area contributed by atoms with Crippen LogP contribution < -0.4 is 10.6 Å². The van der Waals surface area contributed by atoms with Crippen molar-refractivity contribution in [3.63, 3.8) is 0 Å². The third kappa shape index (κ3) is 5.04. The maximum absolute atomic E-state index is 13.5. The predicted molar refractivity (Wildman–Crippen MR) is 75.2 cm³/mol. The molecule has 0 heterocycles. The van der Waals surface area contributed by atoms with Crippen LogP contribution in [0.25, 0.3) is 0 Å². The minimum atomic E-state index is -0.462. The lowest BCUT2D eigenvalue weighted by molar-refractivity contribution is 0.247. The van der Waals surface area contributed by atoms with Gasteiger partial charge in [-0.25, -0.2) is 9.18 Å². The highest BCUT2D eigenvalue weighted by molar-refractivity contribution is 9.10. The second-order valence-electron chi connectivity index (χ2n) is 4.75. The Labute approximate surface area is 115 Å². The lowest BCUT2D eigenvalue weighted by Gasteiger charge is -2.16. The lowest BCUT2D eigenvalue weighted by Crippen LogP contribution is -2.37. The Kier molecular flexibility index (Phi) is 5.59. The number of nitrogens with one attached hydrogen (secondary N) is 2. The summed E-state index contributed by atoms with van der Waals surface area (Å²) in [6, 6.07) is 4.18. The molecular weight excluding hydrogens is 299 g/mol. The molecule has 2 amide bonds. The smallest absolute Gasteiger partial charge is 0.319 e. The van der Waals surface area contributed by atoms with Crippen molar-refractivity contribution in [2.45, 2.75) is 33.2 Å². The summed E-state index contributed by atoms with van der Waals surface area (Å²) in [6.45, 7) is 6.10. The molecule has 0 aromatic heterocycles. The molecule has 0 spiro atoms. The van der Waals surface area contributed by atoms with Crippen molar-refractivity contribution >= 4 is 27.6 Å². The molecule has 0 fully saturated rings. The molecule has 1 unspecified atom stereocenters. The number of benzene rings is 1. The largest absolute Gasteiger partial charge is 0.335 e. The van der Waals surface area contributed by atoms with Crippen LogP contribution in [0.3, 0.4) is 0 Å². The van der Waals surface area contributed by atoms with Crippen molar-refractivity contribution in [1.29, 1.82) is 0 Å². The topological polar surface area (TPSA) is 41.1 Å². The first-order valence-electron chi connectivity index (χ1n) is 5.91. The van der Waals surface area contributed by atoms with E-state index in [0.29, 0.717) is 10.4 Å². The molecule has 0 saturated heterocycles. The Bertz CT molecular complexity index is 423. The maximum atomic E-state index is 13.5. The van der Waals surface area contributed by atoms with E-state index in [1.54, 1.807) is 6.07 Å². The molecule has 3 nitrogen and oxygen atoms in total. The van der Waals surface area contributed by atoms with Gasteiger partial charge in [-0.2, -0.15) is 0 Å². The standard InChI is InChI=1S/C13H18BrFN2O/c1-8(2)6-9(3)16-13(18)17-12-5-4-10(14)7-11(12)15/h4-5,7-9H,6H2,1-3H3,(H2,16,17,18). The van der Waals surface area contributed by atoms with Gasteiger partial charge >= 0.3 is 6.03 Å². The molecule has 2 N–H and O–H groups in total. The summed E-state index contributed by atoms with van der Waals surface area (Å²) in [7, 11) is 0. The Hall–Kier alpha value is -1.10. The molecule has 0 aliphatic rings. The third-order valence-electron chi connectivity index (χ3n) is 2.38. The Balaban J connectivity index is 2.54. The van der Waals surface area contributed by atoms with Gasteiger partial charge in [0.1, 0.15) is 5.82 Å². The fourth-order valence-electron chi connectivity index (χ4n) is 1.74. The quantitative estimate of drug-likeness (QED) is 0.861. The molecule has 1 atom stereocenters. The maximum Gasteiger partial charge on any atom is 0.319 e. The molecule has 0 aliphatic carbocycles. The van der Waals surface area contributed by atoms with Crippen LogP contribution >= 0.6 is 15.9 Å². The molecule has 100 valence electrons. The normalized spacial score (nSPS) is 12.3. The molecule has 0 radical (unpaired) electrons. The van der Waals surface area contributed by atoms with Crippen molar-refractivity contribution in [3.8, 4) is 0 Å². The fraction of sp³-hybridized carbons (Fsp3) is 0.462. The summed E-state index contributed by atoms with van der Waals surface area (Å²) in [4.78, 5) is 11.6. The fourth-order valence-corrected chi connectivity index (χ4v) is 2.07. The number of amides is 2. The summed E-state index contributed by atoms with van der Waals surface area (Å²) < 4.78 is 14.1. The highest BCUT2D eigenvalue weighted by atomic mass is 79.9. The molecular formula is C13H18BrFN2O. The minimum absolute atomic E-state index is 0.0588.